The Balaban J connectivity index is 0.00000480. The molecule has 7 heteroatoms. The van der Waals surface area contributed by atoms with Gasteiger partial charge in [-0.1, -0.05) is 101 Å². The summed E-state index contributed by atoms with van der Waals surface area (Å²) in [5.74, 6) is -0.260. The summed E-state index contributed by atoms with van der Waals surface area (Å²) >= 11 is 0. The third-order valence-corrected chi connectivity index (χ3v) is 6.08. The minimum atomic E-state index is -4.47. The molecule has 0 bridgehead atoms. The zero-order valence-corrected chi connectivity index (χ0v) is 22.7. The van der Waals surface area contributed by atoms with Gasteiger partial charge in [-0.2, -0.15) is 8.42 Å². The average molecular weight is 473 g/mol. The summed E-state index contributed by atoms with van der Waals surface area (Å²) in [5.41, 5.74) is 0.674. The minimum absolute atomic E-state index is 0. The molecule has 5 nitrogen and oxygen atoms in total. The third-order valence-electron chi connectivity index (χ3n) is 5.20. The molecule has 1 N–H and O–H groups in total. The first-order valence-corrected chi connectivity index (χ1v) is 12.4. The van der Waals surface area contributed by atoms with E-state index in [4.69, 9.17) is 4.74 Å². The summed E-state index contributed by atoms with van der Waals surface area (Å²) in [5, 5.41) is 12.0. The van der Waals surface area contributed by atoms with Crippen LogP contribution in [0.25, 0.3) is 0 Å². The molecule has 0 aliphatic heterocycles. The quantitative estimate of drug-likeness (QED) is 0.259. The molecule has 2 rings (SSSR count). The van der Waals surface area contributed by atoms with E-state index in [2.05, 4.69) is 6.92 Å². The van der Waals surface area contributed by atoms with E-state index in [-0.39, 0.29) is 73.5 Å². The van der Waals surface area contributed by atoms with Gasteiger partial charge in [0.2, 0.25) is 0 Å². The van der Waals surface area contributed by atoms with Crippen molar-refractivity contribution in [3.63, 3.8) is 0 Å². The molecule has 0 aliphatic carbocycles. The fourth-order valence-corrected chi connectivity index (χ4v) is 4.18. The number of hydrogen-bond donors (Lipinski definition) is 1. The molecular formula is C24H33KO5S. The van der Waals surface area contributed by atoms with Gasteiger partial charge in [0.05, 0.1) is 0 Å². The van der Waals surface area contributed by atoms with Gasteiger partial charge in [0.1, 0.15) is 10.6 Å². The fourth-order valence-electron chi connectivity index (χ4n) is 3.52. The maximum atomic E-state index is 12.0. The molecular weight excluding hydrogens is 439 g/mol. The van der Waals surface area contributed by atoms with Crippen molar-refractivity contribution in [2.24, 2.45) is 0 Å². The molecule has 0 spiro atoms. The van der Waals surface area contributed by atoms with E-state index in [1.807, 2.05) is 0 Å². The molecule has 0 heterocycles. The van der Waals surface area contributed by atoms with Crippen LogP contribution >= 0.6 is 0 Å². The number of hydrogen-bond acceptors (Lipinski definition) is 4. The Morgan fingerprint density at radius 3 is 2.00 bits per heavy atom. The van der Waals surface area contributed by atoms with Crippen LogP contribution in [0.2, 0.25) is 0 Å². The van der Waals surface area contributed by atoms with Gasteiger partial charge >= 0.3 is 51.4 Å². The van der Waals surface area contributed by atoms with Crippen molar-refractivity contribution in [2.75, 3.05) is 0 Å². The van der Waals surface area contributed by atoms with Gasteiger partial charge in [0.15, 0.2) is 5.75 Å². The number of rotatable bonds is 14. The van der Waals surface area contributed by atoms with Gasteiger partial charge in [0, 0.05) is 0 Å². The van der Waals surface area contributed by atoms with Crippen LogP contribution in [0, 0.1) is 0 Å². The molecule has 2 aromatic carbocycles. The Morgan fingerprint density at radius 2 is 1.42 bits per heavy atom. The molecule has 0 saturated heterocycles. The van der Waals surface area contributed by atoms with Crippen LogP contribution < -0.4 is 61.2 Å². The number of unbranched alkanes of at least 4 members (excludes halogenated alkanes) is 9. The summed E-state index contributed by atoms with van der Waals surface area (Å²) in [6, 6.07) is 10.8. The van der Waals surface area contributed by atoms with Crippen LogP contribution in [0.5, 0.6) is 17.2 Å². The summed E-state index contributed by atoms with van der Waals surface area (Å²) in [6.45, 7) is 2.22. The normalized spacial score (nSPS) is 11.2. The SMILES string of the molecule is CCCCCCCCCCCCc1cccc(S(=O)(=O)O)c1Oc1ccccc1[O-].[K+]. The molecule has 0 atom stereocenters. The molecule has 0 aliphatic rings. The van der Waals surface area contributed by atoms with Gasteiger partial charge < -0.3 is 9.84 Å². The second-order valence-corrected chi connectivity index (χ2v) is 9.09. The Bertz CT molecular complexity index is 883. The van der Waals surface area contributed by atoms with E-state index in [1.54, 1.807) is 24.3 Å². The van der Waals surface area contributed by atoms with Crippen LogP contribution in [-0.4, -0.2) is 13.0 Å². The number of ether oxygens (including phenoxy) is 1. The molecule has 0 saturated carbocycles. The largest absolute Gasteiger partial charge is 1.00 e. The summed E-state index contributed by atoms with van der Waals surface area (Å²) in [7, 11) is -4.47. The Kier molecular flexibility index (Phi) is 14.2. The van der Waals surface area contributed by atoms with Crippen LogP contribution in [0.3, 0.4) is 0 Å². The molecule has 2 aromatic rings. The number of benzene rings is 2. The summed E-state index contributed by atoms with van der Waals surface area (Å²) in [4.78, 5) is -0.310. The van der Waals surface area contributed by atoms with E-state index in [0.717, 1.165) is 19.3 Å². The van der Waals surface area contributed by atoms with Crippen molar-refractivity contribution in [3.05, 3.63) is 48.0 Å². The van der Waals surface area contributed by atoms with Crippen LogP contribution in [0.4, 0.5) is 0 Å². The van der Waals surface area contributed by atoms with E-state index >= 15 is 0 Å². The van der Waals surface area contributed by atoms with E-state index in [9.17, 15) is 18.1 Å². The third kappa shape index (κ3) is 10.4. The van der Waals surface area contributed by atoms with Crippen molar-refractivity contribution in [1.29, 1.82) is 0 Å². The Morgan fingerprint density at radius 1 is 0.839 bits per heavy atom. The topological polar surface area (TPSA) is 86.7 Å². The van der Waals surface area contributed by atoms with E-state index < -0.39 is 10.1 Å². The predicted octanol–water partition coefficient (Wildman–Crippen LogP) is 3.27. The predicted molar refractivity (Wildman–Crippen MR) is 118 cm³/mol. The van der Waals surface area contributed by atoms with Crippen molar-refractivity contribution in [2.45, 2.75) is 82.4 Å². The van der Waals surface area contributed by atoms with Crippen LogP contribution in [0.1, 0.15) is 76.7 Å². The zero-order valence-electron chi connectivity index (χ0n) is 18.8. The maximum absolute atomic E-state index is 12.0. The minimum Gasteiger partial charge on any atom is -0.870 e. The second-order valence-electron chi connectivity index (χ2n) is 7.70. The molecule has 0 aromatic heterocycles. The van der Waals surface area contributed by atoms with Crippen LogP contribution in [0.15, 0.2) is 47.4 Å². The molecule has 166 valence electrons. The second kappa shape index (κ2) is 15.4. The first-order chi connectivity index (χ1) is 14.4. The summed E-state index contributed by atoms with van der Waals surface area (Å²) < 4.78 is 38.9. The average Bonchev–Trinajstić information content (AvgIpc) is 2.71. The molecule has 0 unspecified atom stereocenters. The monoisotopic (exact) mass is 472 g/mol. The maximum Gasteiger partial charge on any atom is 1.00 e. The van der Waals surface area contributed by atoms with E-state index in [1.165, 1.54) is 63.1 Å². The molecule has 0 fully saturated rings. The van der Waals surface area contributed by atoms with Gasteiger partial charge in [0.25, 0.3) is 10.1 Å². The van der Waals surface area contributed by atoms with Gasteiger partial charge in [-0.3, -0.25) is 4.55 Å². The van der Waals surface area contributed by atoms with Gasteiger partial charge in [-0.25, -0.2) is 0 Å². The van der Waals surface area contributed by atoms with Gasteiger partial charge in [-0.15, -0.1) is 0 Å². The van der Waals surface area contributed by atoms with Gasteiger partial charge in [-0.05, 0) is 30.5 Å². The number of aryl methyl sites for hydroxylation is 1. The first-order valence-electron chi connectivity index (χ1n) is 11.0. The van der Waals surface area contributed by atoms with Crippen molar-refractivity contribution in [3.8, 4) is 17.2 Å². The molecule has 0 radical (unpaired) electrons. The van der Waals surface area contributed by atoms with Crippen LogP contribution in [-0.2, 0) is 16.5 Å². The van der Waals surface area contributed by atoms with Crippen molar-refractivity contribution in [1.82, 2.24) is 0 Å². The first kappa shape index (κ1) is 28.6. The fraction of sp³-hybridized carbons (Fsp3) is 0.500. The standard InChI is InChI=1S/C24H34O5S.K/c1-2-3-4-5-6-7-8-9-10-11-15-20-16-14-19-23(30(26,27)28)24(20)29-22-18-13-12-17-21(22)25;/h12-14,16-19,25H,2-11,15H2,1H3,(H,26,27,28);/q;+1/p-1. The number of para-hydroxylation sites is 3. The molecule has 0 amide bonds. The van der Waals surface area contributed by atoms with Crippen molar-refractivity contribution < 1.29 is 74.2 Å². The zero-order chi connectivity index (χ0) is 21.8. The molecule has 31 heavy (non-hydrogen) atoms. The smallest absolute Gasteiger partial charge is 0.870 e. The Labute approximate surface area is 229 Å². The van der Waals surface area contributed by atoms with Crippen molar-refractivity contribution >= 4 is 10.1 Å². The Hall–Kier alpha value is -0.414. The summed E-state index contributed by atoms with van der Waals surface area (Å²) in [6.07, 6.45) is 12.7. The van der Waals surface area contributed by atoms with E-state index in [0.29, 0.717) is 12.0 Å².